The summed E-state index contributed by atoms with van der Waals surface area (Å²) in [6, 6.07) is 3.30. The van der Waals surface area contributed by atoms with Crippen LogP contribution < -0.4 is 19.5 Å². The highest BCUT2D eigenvalue weighted by molar-refractivity contribution is 5.75. The number of nitrogens with one attached hydrogen (secondary N) is 1. The average Bonchev–Trinajstić information content (AvgIpc) is 2.28. The first kappa shape index (κ1) is 11.2. The number of hydrogen-bond donors (Lipinski definition) is 1. The molecule has 1 aromatic carbocycles. The van der Waals surface area contributed by atoms with Crippen LogP contribution in [0.3, 0.4) is 0 Å². The molecule has 0 unspecified atom stereocenters. The number of benzene rings is 1. The van der Waals surface area contributed by atoms with E-state index in [4.69, 9.17) is 14.2 Å². The molecule has 0 fully saturated rings. The molecule has 0 aliphatic rings. The molecule has 5 heteroatoms. The lowest BCUT2D eigenvalue weighted by Crippen LogP contribution is -1.99. The van der Waals surface area contributed by atoms with E-state index >= 15 is 0 Å². The maximum absolute atomic E-state index is 10.3. The second-order valence-electron chi connectivity index (χ2n) is 2.68. The largest absolute Gasteiger partial charge is 0.493 e. The van der Waals surface area contributed by atoms with Gasteiger partial charge in [0, 0.05) is 17.8 Å². The van der Waals surface area contributed by atoms with Gasteiger partial charge in [-0.2, -0.15) is 0 Å². The van der Waals surface area contributed by atoms with Gasteiger partial charge in [0.25, 0.3) is 0 Å². The topological polar surface area (TPSA) is 56.8 Å². The average molecular weight is 211 g/mol. The van der Waals surface area contributed by atoms with Crippen LogP contribution >= 0.6 is 0 Å². The summed E-state index contributed by atoms with van der Waals surface area (Å²) in [4.78, 5) is 10.3. The summed E-state index contributed by atoms with van der Waals surface area (Å²) in [6.45, 7) is 0. The molecule has 5 nitrogen and oxygen atoms in total. The van der Waals surface area contributed by atoms with Gasteiger partial charge in [0.15, 0.2) is 11.5 Å². The van der Waals surface area contributed by atoms with Crippen LogP contribution in [0.1, 0.15) is 0 Å². The number of carbonyl (C=O) groups is 1. The maximum atomic E-state index is 10.3. The van der Waals surface area contributed by atoms with Crippen LogP contribution in [0, 0.1) is 0 Å². The van der Waals surface area contributed by atoms with Crippen molar-refractivity contribution >= 4 is 12.1 Å². The highest BCUT2D eigenvalue weighted by Crippen LogP contribution is 2.39. The Kier molecular flexibility index (Phi) is 3.79. The van der Waals surface area contributed by atoms with Crippen molar-refractivity contribution in [3.05, 3.63) is 12.1 Å². The minimum atomic E-state index is 0.497. The molecular formula is C10H13NO4. The van der Waals surface area contributed by atoms with E-state index in [1.54, 1.807) is 12.1 Å². The van der Waals surface area contributed by atoms with Gasteiger partial charge in [-0.1, -0.05) is 0 Å². The summed E-state index contributed by atoms with van der Waals surface area (Å²) >= 11 is 0. The zero-order valence-corrected chi connectivity index (χ0v) is 8.87. The van der Waals surface area contributed by atoms with Crippen molar-refractivity contribution in [1.29, 1.82) is 0 Å². The number of hydrogen-bond acceptors (Lipinski definition) is 4. The van der Waals surface area contributed by atoms with E-state index in [-0.39, 0.29) is 0 Å². The third-order valence-electron chi connectivity index (χ3n) is 1.89. The van der Waals surface area contributed by atoms with Gasteiger partial charge < -0.3 is 19.5 Å². The first-order valence-electron chi connectivity index (χ1n) is 4.27. The number of carbonyl (C=O) groups excluding carboxylic acids is 1. The Bertz CT molecular complexity index is 326. The molecule has 0 aliphatic heterocycles. The van der Waals surface area contributed by atoms with E-state index < -0.39 is 0 Å². The Labute approximate surface area is 87.9 Å². The molecule has 0 saturated heterocycles. The van der Waals surface area contributed by atoms with Crippen molar-refractivity contribution in [2.24, 2.45) is 0 Å². The van der Waals surface area contributed by atoms with E-state index in [2.05, 4.69) is 5.32 Å². The summed E-state index contributed by atoms with van der Waals surface area (Å²) in [5.41, 5.74) is 0.583. The van der Waals surface area contributed by atoms with Crippen LogP contribution in [0.5, 0.6) is 17.2 Å². The van der Waals surface area contributed by atoms with Crippen molar-refractivity contribution in [2.45, 2.75) is 0 Å². The minimum absolute atomic E-state index is 0.497. The summed E-state index contributed by atoms with van der Waals surface area (Å²) in [5, 5.41) is 2.51. The summed E-state index contributed by atoms with van der Waals surface area (Å²) < 4.78 is 15.3. The fourth-order valence-electron chi connectivity index (χ4n) is 1.23. The van der Waals surface area contributed by atoms with Crippen LogP contribution in [0.4, 0.5) is 5.69 Å². The molecule has 1 aromatic rings. The van der Waals surface area contributed by atoms with Crippen molar-refractivity contribution in [2.75, 3.05) is 26.6 Å². The van der Waals surface area contributed by atoms with Gasteiger partial charge in [-0.15, -0.1) is 0 Å². The quantitative estimate of drug-likeness (QED) is 0.745. The van der Waals surface area contributed by atoms with E-state index in [1.165, 1.54) is 21.3 Å². The predicted molar refractivity (Wildman–Crippen MR) is 55.8 cm³/mol. The van der Waals surface area contributed by atoms with Crippen LogP contribution in [0.2, 0.25) is 0 Å². The Morgan fingerprint density at radius 1 is 1.07 bits per heavy atom. The third-order valence-corrected chi connectivity index (χ3v) is 1.89. The molecule has 1 N–H and O–H groups in total. The molecule has 1 rings (SSSR count). The smallest absolute Gasteiger partial charge is 0.211 e. The van der Waals surface area contributed by atoms with Crippen LogP contribution in [-0.2, 0) is 4.79 Å². The molecule has 0 heterocycles. The third kappa shape index (κ3) is 2.31. The molecule has 82 valence electrons. The number of ether oxygens (including phenoxy) is 3. The van der Waals surface area contributed by atoms with E-state index in [1.807, 2.05) is 0 Å². The van der Waals surface area contributed by atoms with Crippen molar-refractivity contribution < 1.29 is 19.0 Å². The molecule has 0 atom stereocenters. The first-order valence-corrected chi connectivity index (χ1v) is 4.27. The Balaban J connectivity index is 3.22. The normalized spacial score (nSPS) is 9.27. The summed E-state index contributed by atoms with van der Waals surface area (Å²) in [7, 11) is 4.55. The maximum Gasteiger partial charge on any atom is 0.211 e. The zero-order valence-electron chi connectivity index (χ0n) is 8.87. The Morgan fingerprint density at radius 3 is 1.93 bits per heavy atom. The molecule has 0 spiro atoms. The summed E-state index contributed by atoms with van der Waals surface area (Å²) in [6.07, 6.45) is 0.584. The zero-order chi connectivity index (χ0) is 11.3. The van der Waals surface area contributed by atoms with E-state index in [0.29, 0.717) is 29.3 Å². The number of anilines is 1. The highest BCUT2D eigenvalue weighted by Gasteiger charge is 2.12. The fourth-order valence-corrected chi connectivity index (χ4v) is 1.23. The molecular weight excluding hydrogens is 198 g/mol. The first-order chi connectivity index (χ1) is 7.26. The monoisotopic (exact) mass is 211 g/mol. The van der Waals surface area contributed by atoms with Gasteiger partial charge in [0.2, 0.25) is 12.2 Å². The molecule has 0 radical (unpaired) electrons. The Morgan fingerprint density at radius 2 is 1.60 bits per heavy atom. The second-order valence-corrected chi connectivity index (χ2v) is 2.68. The minimum Gasteiger partial charge on any atom is -0.493 e. The number of methoxy groups -OCH3 is 3. The van der Waals surface area contributed by atoms with Gasteiger partial charge in [0.1, 0.15) is 0 Å². The van der Waals surface area contributed by atoms with E-state index in [0.717, 1.165) is 0 Å². The van der Waals surface area contributed by atoms with Crippen LogP contribution in [0.25, 0.3) is 0 Å². The predicted octanol–water partition coefficient (Wildman–Crippen LogP) is 1.28. The molecule has 0 bridgehead atoms. The summed E-state index contributed by atoms with van der Waals surface area (Å²) in [5.74, 6) is 1.50. The van der Waals surface area contributed by atoms with Crippen molar-refractivity contribution in [3.63, 3.8) is 0 Å². The number of rotatable bonds is 5. The molecule has 0 saturated carbocycles. The second kappa shape index (κ2) is 5.09. The van der Waals surface area contributed by atoms with Crippen LogP contribution in [-0.4, -0.2) is 27.7 Å². The SMILES string of the molecule is COc1cc(NC=O)cc(OC)c1OC. The number of amides is 1. The van der Waals surface area contributed by atoms with Crippen molar-refractivity contribution in [1.82, 2.24) is 0 Å². The molecule has 15 heavy (non-hydrogen) atoms. The van der Waals surface area contributed by atoms with Gasteiger partial charge >= 0.3 is 0 Å². The van der Waals surface area contributed by atoms with Gasteiger partial charge in [0.05, 0.1) is 21.3 Å². The van der Waals surface area contributed by atoms with Gasteiger partial charge in [-0.25, -0.2) is 0 Å². The van der Waals surface area contributed by atoms with E-state index in [9.17, 15) is 4.79 Å². The fraction of sp³-hybridized carbons (Fsp3) is 0.300. The van der Waals surface area contributed by atoms with Gasteiger partial charge in [-0.3, -0.25) is 4.79 Å². The molecule has 0 aromatic heterocycles. The Hall–Kier alpha value is -1.91. The lowest BCUT2D eigenvalue weighted by molar-refractivity contribution is -0.105. The standard InChI is InChI=1S/C10H13NO4/c1-13-8-4-7(11-6-12)5-9(14-2)10(8)15-3/h4-6H,1-3H3,(H,11,12). The van der Waals surface area contributed by atoms with Crippen LogP contribution in [0.15, 0.2) is 12.1 Å². The highest BCUT2D eigenvalue weighted by atomic mass is 16.5. The lowest BCUT2D eigenvalue weighted by Gasteiger charge is -2.13. The molecule has 1 amide bonds. The lowest BCUT2D eigenvalue weighted by atomic mass is 10.2. The van der Waals surface area contributed by atoms with Crippen molar-refractivity contribution in [3.8, 4) is 17.2 Å². The molecule has 0 aliphatic carbocycles. The van der Waals surface area contributed by atoms with Gasteiger partial charge in [-0.05, 0) is 0 Å².